The third-order valence-corrected chi connectivity index (χ3v) is 6.77. The van der Waals surface area contributed by atoms with E-state index in [1.807, 2.05) is 38.2 Å². The van der Waals surface area contributed by atoms with Crippen molar-refractivity contribution in [3.8, 4) is 11.5 Å². The van der Waals surface area contributed by atoms with E-state index in [0.29, 0.717) is 18.9 Å². The summed E-state index contributed by atoms with van der Waals surface area (Å²) in [5.74, 6) is 2.21. The molecule has 2 aliphatic heterocycles. The Balaban J connectivity index is 1.20. The standard InChI is InChI=1S/C28H34FN5O2/c1-3-35-26-10-9-21(17-27(26)36-4-2)19-32-12-11-24-22(20-32)18-30-28(31-24)34-15-13-33(14-16-34)25-8-6-5-7-23(25)29/h5-10,17-18H,3-4,11-16,19-20H2,1-2H3. The van der Waals surface area contributed by atoms with Crippen LogP contribution < -0.4 is 19.3 Å². The van der Waals surface area contributed by atoms with Crippen molar-refractivity contribution in [3.05, 3.63) is 71.3 Å². The maximum Gasteiger partial charge on any atom is 0.225 e. The molecule has 36 heavy (non-hydrogen) atoms. The number of nitrogens with zero attached hydrogens (tertiary/aromatic N) is 5. The molecule has 8 heteroatoms. The van der Waals surface area contributed by atoms with Gasteiger partial charge in [-0.05, 0) is 43.7 Å². The van der Waals surface area contributed by atoms with Crippen molar-refractivity contribution in [1.82, 2.24) is 14.9 Å². The fourth-order valence-corrected chi connectivity index (χ4v) is 4.96. The van der Waals surface area contributed by atoms with Gasteiger partial charge in [0.05, 0.1) is 24.6 Å². The zero-order valence-electron chi connectivity index (χ0n) is 21.1. The number of ether oxygens (including phenoxy) is 2. The number of halogens is 1. The molecule has 0 atom stereocenters. The third-order valence-electron chi connectivity index (χ3n) is 6.77. The van der Waals surface area contributed by atoms with Gasteiger partial charge in [-0.3, -0.25) is 4.90 Å². The highest BCUT2D eigenvalue weighted by atomic mass is 19.1. The maximum atomic E-state index is 14.2. The monoisotopic (exact) mass is 491 g/mol. The van der Waals surface area contributed by atoms with Crippen LogP contribution in [0.15, 0.2) is 48.7 Å². The van der Waals surface area contributed by atoms with Gasteiger partial charge in [0.15, 0.2) is 11.5 Å². The lowest BCUT2D eigenvalue weighted by molar-refractivity contribution is 0.241. The Bertz CT molecular complexity index is 1180. The summed E-state index contributed by atoms with van der Waals surface area (Å²) in [6.45, 7) is 10.9. The van der Waals surface area contributed by atoms with Gasteiger partial charge in [0, 0.05) is 64.0 Å². The summed E-state index contributed by atoms with van der Waals surface area (Å²) in [5, 5.41) is 0. The largest absolute Gasteiger partial charge is 0.490 e. The quantitative estimate of drug-likeness (QED) is 0.466. The van der Waals surface area contributed by atoms with Crippen LogP contribution >= 0.6 is 0 Å². The Hall–Kier alpha value is -3.39. The van der Waals surface area contributed by atoms with Gasteiger partial charge in [-0.25, -0.2) is 14.4 Å². The van der Waals surface area contributed by atoms with Gasteiger partial charge in [0.25, 0.3) is 0 Å². The normalized spacial score (nSPS) is 16.1. The smallest absolute Gasteiger partial charge is 0.225 e. The number of piperazine rings is 1. The maximum absolute atomic E-state index is 14.2. The highest BCUT2D eigenvalue weighted by molar-refractivity contribution is 5.50. The molecule has 0 radical (unpaired) electrons. The van der Waals surface area contributed by atoms with E-state index in [-0.39, 0.29) is 5.82 Å². The first kappa shape index (κ1) is 24.3. The van der Waals surface area contributed by atoms with Crippen LogP contribution in [-0.4, -0.2) is 60.8 Å². The van der Waals surface area contributed by atoms with Crippen molar-refractivity contribution in [3.63, 3.8) is 0 Å². The number of anilines is 2. The minimum Gasteiger partial charge on any atom is -0.490 e. The molecular formula is C28H34FN5O2. The zero-order valence-corrected chi connectivity index (χ0v) is 21.1. The molecule has 1 aromatic heterocycles. The van der Waals surface area contributed by atoms with Crippen LogP contribution in [0.3, 0.4) is 0 Å². The van der Waals surface area contributed by atoms with Crippen LogP contribution in [0.4, 0.5) is 16.0 Å². The van der Waals surface area contributed by atoms with Crippen LogP contribution in [0.1, 0.15) is 30.7 Å². The lowest BCUT2D eigenvalue weighted by Crippen LogP contribution is -2.47. The molecule has 3 heterocycles. The molecule has 0 saturated carbocycles. The van der Waals surface area contributed by atoms with Crippen molar-refractivity contribution < 1.29 is 13.9 Å². The third kappa shape index (κ3) is 5.38. The van der Waals surface area contributed by atoms with Crippen molar-refractivity contribution in [1.29, 1.82) is 0 Å². The molecule has 5 rings (SSSR count). The fraction of sp³-hybridized carbons (Fsp3) is 0.429. The Labute approximate surface area is 212 Å². The van der Waals surface area contributed by atoms with E-state index in [1.165, 1.54) is 17.2 Å². The fourth-order valence-electron chi connectivity index (χ4n) is 4.96. The van der Waals surface area contributed by atoms with Gasteiger partial charge in [-0.2, -0.15) is 0 Å². The summed E-state index contributed by atoms with van der Waals surface area (Å²) in [7, 11) is 0. The molecule has 0 bridgehead atoms. The van der Waals surface area contributed by atoms with Crippen LogP contribution in [0.5, 0.6) is 11.5 Å². The molecule has 1 fully saturated rings. The number of rotatable bonds is 8. The highest BCUT2D eigenvalue weighted by Gasteiger charge is 2.24. The van der Waals surface area contributed by atoms with E-state index in [9.17, 15) is 4.39 Å². The number of aromatic nitrogens is 2. The van der Waals surface area contributed by atoms with E-state index in [1.54, 1.807) is 6.07 Å². The predicted octanol–water partition coefficient (Wildman–Crippen LogP) is 4.30. The Morgan fingerprint density at radius 2 is 1.64 bits per heavy atom. The molecule has 7 nitrogen and oxygen atoms in total. The highest BCUT2D eigenvalue weighted by Crippen LogP contribution is 2.30. The van der Waals surface area contributed by atoms with Crippen molar-refractivity contribution >= 4 is 11.6 Å². The molecule has 0 amide bonds. The van der Waals surface area contributed by atoms with E-state index >= 15 is 0 Å². The van der Waals surface area contributed by atoms with Gasteiger partial charge >= 0.3 is 0 Å². The topological polar surface area (TPSA) is 54.0 Å². The zero-order chi connectivity index (χ0) is 24.9. The predicted molar refractivity (Wildman–Crippen MR) is 139 cm³/mol. The van der Waals surface area contributed by atoms with Crippen LogP contribution in [-0.2, 0) is 19.5 Å². The first-order chi connectivity index (χ1) is 17.6. The Morgan fingerprint density at radius 3 is 2.42 bits per heavy atom. The van der Waals surface area contributed by atoms with Gasteiger partial charge in [0.2, 0.25) is 5.95 Å². The molecule has 3 aromatic rings. The second-order valence-electron chi connectivity index (χ2n) is 9.18. The molecule has 0 spiro atoms. The van der Waals surface area contributed by atoms with Crippen LogP contribution in [0, 0.1) is 5.82 Å². The molecule has 1 saturated heterocycles. The molecular weight excluding hydrogens is 457 g/mol. The van der Waals surface area contributed by atoms with Gasteiger partial charge < -0.3 is 19.3 Å². The first-order valence-corrected chi connectivity index (χ1v) is 12.8. The van der Waals surface area contributed by atoms with E-state index in [0.717, 1.165) is 75.4 Å². The van der Waals surface area contributed by atoms with E-state index < -0.39 is 0 Å². The number of hydrogen-bond donors (Lipinski definition) is 0. The lowest BCUT2D eigenvalue weighted by atomic mass is 10.1. The second kappa shape index (κ2) is 11.1. The summed E-state index contributed by atoms with van der Waals surface area (Å²) in [5.41, 5.74) is 4.19. The molecule has 0 N–H and O–H groups in total. The second-order valence-corrected chi connectivity index (χ2v) is 9.18. The summed E-state index contributed by atoms with van der Waals surface area (Å²) in [6, 6.07) is 13.2. The summed E-state index contributed by atoms with van der Waals surface area (Å²) in [6.07, 6.45) is 2.88. The average Bonchev–Trinajstić information content (AvgIpc) is 2.90. The first-order valence-electron chi connectivity index (χ1n) is 12.8. The number of fused-ring (bicyclic) bond motifs is 1. The number of benzene rings is 2. The van der Waals surface area contributed by atoms with Gasteiger partial charge in [0.1, 0.15) is 5.82 Å². The minimum absolute atomic E-state index is 0.167. The van der Waals surface area contributed by atoms with E-state index in [2.05, 4.69) is 26.8 Å². The Kier molecular flexibility index (Phi) is 7.51. The molecule has 190 valence electrons. The summed E-state index contributed by atoms with van der Waals surface area (Å²) in [4.78, 5) is 16.4. The van der Waals surface area contributed by atoms with Crippen molar-refractivity contribution in [2.45, 2.75) is 33.4 Å². The number of hydrogen-bond acceptors (Lipinski definition) is 7. The summed E-state index contributed by atoms with van der Waals surface area (Å²) < 4.78 is 25.7. The van der Waals surface area contributed by atoms with Crippen LogP contribution in [0.2, 0.25) is 0 Å². The summed E-state index contributed by atoms with van der Waals surface area (Å²) >= 11 is 0. The minimum atomic E-state index is -0.167. The molecule has 0 aliphatic carbocycles. The molecule has 0 unspecified atom stereocenters. The lowest BCUT2D eigenvalue weighted by Gasteiger charge is -2.36. The van der Waals surface area contributed by atoms with Crippen molar-refractivity contribution in [2.75, 3.05) is 55.7 Å². The number of para-hydroxylation sites is 1. The Morgan fingerprint density at radius 1 is 0.889 bits per heavy atom. The SMILES string of the molecule is CCOc1ccc(CN2CCc3nc(N4CCN(c5ccccc5F)CC4)ncc3C2)cc1OCC. The molecule has 2 aromatic carbocycles. The van der Waals surface area contributed by atoms with Gasteiger partial charge in [-0.1, -0.05) is 18.2 Å². The average molecular weight is 492 g/mol. The van der Waals surface area contributed by atoms with Gasteiger partial charge in [-0.15, -0.1) is 0 Å². The van der Waals surface area contributed by atoms with E-state index in [4.69, 9.17) is 19.4 Å². The molecule has 2 aliphatic rings. The van der Waals surface area contributed by atoms with Crippen molar-refractivity contribution in [2.24, 2.45) is 0 Å². The van der Waals surface area contributed by atoms with Crippen LogP contribution in [0.25, 0.3) is 0 Å².